The minimum Gasteiger partial charge on any atom is -0.399 e. The molecule has 2 N–H and O–H groups in total. The number of hydrogen-bond acceptors (Lipinski definition) is 1. The number of allylic oxidation sites excluding steroid dienone is 4. The van der Waals surface area contributed by atoms with Crippen LogP contribution in [0.3, 0.4) is 0 Å². The van der Waals surface area contributed by atoms with Gasteiger partial charge in [-0.25, -0.2) is 0 Å². The fraction of sp³-hybridized carbons (Fsp3) is 0.444. The quantitative estimate of drug-likeness (QED) is 0.713. The summed E-state index contributed by atoms with van der Waals surface area (Å²) in [5, 5.41) is 0. The summed E-state index contributed by atoms with van der Waals surface area (Å²) in [4.78, 5) is 0. The lowest BCUT2D eigenvalue weighted by Gasteiger charge is -2.28. The normalized spacial score (nSPS) is 30.2. The van der Waals surface area contributed by atoms with Crippen LogP contribution in [-0.4, -0.2) is 0 Å². The van der Waals surface area contributed by atoms with Crippen LogP contribution in [0.1, 0.15) is 46.6 Å². The van der Waals surface area contributed by atoms with Crippen LogP contribution in [0.4, 0.5) is 5.69 Å². The van der Waals surface area contributed by atoms with Crippen LogP contribution in [0.25, 0.3) is 0 Å². The maximum Gasteiger partial charge on any atom is 0.0314 e. The van der Waals surface area contributed by atoms with Crippen LogP contribution < -0.4 is 5.73 Å². The van der Waals surface area contributed by atoms with Crippen molar-refractivity contribution in [1.29, 1.82) is 0 Å². The van der Waals surface area contributed by atoms with Gasteiger partial charge in [-0.15, -0.1) is 0 Å². The van der Waals surface area contributed by atoms with Crippen molar-refractivity contribution >= 4 is 5.69 Å². The molecule has 0 aromatic heterocycles. The molecule has 1 aromatic rings. The first-order chi connectivity index (χ1) is 8.85. The zero-order valence-corrected chi connectivity index (χ0v) is 12.7. The molecule has 0 heterocycles. The van der Waals surface area contributed by atoms with Crippen LogP contribution in [0, 0.1) is 5.41 Å². The SMILES string of the molecule is C/C=C1\C(=C/C)C(C)(c2ccc(N)cc2)CC1(C)C. The van der Waals surface area contributed by atoms with E-state index in [1.54, 1.807) is 0 Å². The van der Waals surface area contributed by atoms with Crippen molar-refractivity contribution in [1.82, 2.24) is 0 Å². The number of nitrogens with two attached hydrogens (primary N) is 1. The lowest BCUT2D eigenvalue weighted by molar-refractivity contribution is 0.388. The minimum atomic E-state index is 0.0911. The van der Waals surface area contributed by atoms with E-state index in [2.05, 4.69) is 58.9 Å². The maximum absolute atomic E-state index is 5.82. The molecule has 102 valence electrons. The first kappa shape index (κ1) is 13.9. The van der Waals surface area contributed by atoms with Gasteiger partial charge in [-0.2, -0.15) is 0 Å². The largest absolute Gasteiger partial charge is 0.399 e. The van der Waals surface area contributed by atoms with E-state index in [0.29, 0.717) is 0 Å². The zero-order chi connectivity index (χ0) is 14.3. The third kappa shape index (κ3) is 2.11. The summed E-state index contributed by atoms with van der Waals surface area (Å²) in [6, 6.07) is 8.37. The van der Waals surface area contributed by atoms with Crippen molar-refractivity contribution in [3.05, 3.63) is 53.1 Å². The zero-order valence-electron chi connectivity index (χ0n) is 12.7. The maximum atomic E-state index is 5.82. The molecule has 1 aliphatic carbocycles. The average molecular weight is 255 g/mol. The van der Waals surface area contributed by atoms with Gasteiger partial charge in [0, 0.05) is 11.1 Å². The molecule has 1 aromatic carbocycles. The van der Waals surface area contributed by atoms with Crippen molar-refractivity contribution in [3.63, 3.8) is 0 Å². The molecule has 1 atom stereocenters. The van der Waals surface area contributed by atoms with E-state index in [-0.39, 0.29) is 10.8 Å². The van der Waals surface area contributed by atoms with Crippen LogP contribution in [0.2, 0.25) is 0 Å². The molecule has 0 amide bonds. The molecular formula is C18H25N. The molecular weight excluding hydrogens is 230 g/mol. The fourth-order valence-electron chi connectivity index (χ4n) is 3.86. The number of nitrogen functional groups attached to an aromatic ring is 1. The number of rotatable bonds is 1. The van der Waals surface area contributed by atoms with Crippen LogP contribution >= 0.6 is 0 Å². The Morgan fingerprint density at radius 2 is 1.47 bits per heavy atom. The van der Waals surface area contributed by atoms with E-state index in [0.717, 1.165) is 12.1 Å². The molecule has 0 radical (unpaired) electrons. The van der Waals surface area contributed by atoms with Gasteiger partial charge in [0.25, 0.3) is 0 Å². The molecule has 1 saturated carbocycles. The number of benzene rings is 1. The van der Waals surface area contributed by atoms with E-state index in [1.807, 2.05) is 12.1 Å². The van der Waals surface area contributed by atoms with Crippen molar-refractivity contribution in [3.8, 4) is 0 Å². The second-order valence-electron chi connectivity index (χ2n) is 6.42. The summed E-state index contributed by atoms with van der Waals surface area (Å²) in [7, 11) is 0. The van der Waals surface area contributed by atoms with Gasteiger partial charge in [0.15, 0.2) is 0 Å². The standard InChI is InChI=1S/C18H25N/c1-6-15-16(7-2)18(5,12-17(15,3)4)13-8-10-14(19)11-9-13/h6-11H,12,19H2,1-5H3/b15-6+,16-7+. The average Bonchev–Trinajstić information content (AvgIpc) is 2.55. The summed E-state index contributed by atoms with van der Waals surface area (Å²) >= 11 is 0. The number of hydrogen-bond donors (Lipinski definition) is 1. The summed E-state index contributed by atoms with van der Waals surface area (Å²) in [5.74, 6) is 0. The third-order valence-electron chi connectivity index (χ3n) is 4.53. The smallest absolute Gasteiger partial charge is 0.0314 e. The van der Waals surface area contributed by atoms with Gasteiger partial charge in [0.1, 0.15) is 0 Å². The highest BCUT2D eigenvalue weighted by atomic mass is 14.5. The van der Waals surface area contributed by atoms with Gasteiger partial charge in [-0.05, 0) is 54.5 Å². The van der Waals surface area contributed by atoms with Gasteiger partial charge < -0.3 is 5.73 Å². The Kier molecular flexibility index (Phi) is 3.34. The Morgan fingerprint density at radius 1 is 0.947 bits per heavy atom. The van der Waals surface area contributed by atoms with Crippen LogP contribution in [0.15, 0.2) is 47.6 Å². The highest BCUT2D eigenvalue weighted by Crippen LogP contribution is 2.57. The predicted molar refractivity (Wildman–Crippen MR) is 84.1 cm³/mol. The molecule has 0 aliphatic heterocycles. The molecule has 1 unspecified atom stereocenters. The molecule has 1 nitrogen and oxygen atoms in total. The van der Waals surface area contributed by atoms with Gasteiger partial charge in [-0.1, -0.05) is 45.1 Å². The molecule has 0 bridgehead atoms. The third-order valence-corrected chi connectivity index (χ3v) is 4.53. The molecule has 1 heteroatoms. The molecule has 0 spiro atoms. The van der Waals surface area contributed by atoms with E-state index in [4.69, 9.17) is 5.73 Å². The molecule has 2 rings (SSSR count). The van der Waals surface area contributed by atoms with E-state index >= 15 is 0 Å². The van der Waals surface area contributed by atoms with Crippen LogP contribution in [0.5, 0.6) is 0 Å². The molecule has 19 heavy (non-hydrogen) atoms. The summed E-state index contributed by atoms with van der Waals surface area (Å²) < 4.78 is 0. The first-order valence-electron chi connectivity index (χ1n) is 7.05. The fourth-order valence-corrected chi connectivity index (χ4v) is 3.86. The lowest BCUT2D eigenvalue weighted by Crippen LogP contribution is -2.21. The summed E-state index contributed by atoms with van der Waals surface area (Å²) in [6.07, 6.45) is 5.70. The van der Waals surface area contributed by atoms with E-state index in [9.17, 15) is 0 Å². The topological polar surface area (TPSA) is 26.0 Å². The highest BCUT2D eigenvalue weighted by Gasteiger charge is 2.47. The Labute approximate surface area is 117 Å². The first-order valence-corrected chi connectivity index (χ1v) is 7.05. The minimum absolute atomic E-state index is 0.0911. The van der Waals surface area contributed by atoms with E-state index in [1.165, 1.54) is 16.7 Å². The van der Waals surface area contributed by atoms with Crippen molar-refractivity contribution in [2.45, 2.75) is 46.5 Å². The van der Waals surface area contributed by atoms with Crippen molar-refractivity contribution < 1.29 is 0 Å². The predicted octanol–water partition coefficient (Wildman–Crippen LogP) is 4.85. The second kappa shape index (κ2) is 4.56. The van der Waals surface area contributed by atoms with Crippen molar-refractivity contribution in [2.75, 3.05) is 5.73 Å². The molecule has 0 saturated heterocycles. The van der Waals surface area contributed by atoms with E-state index < -0.39 is 0 Å². The Balaban J connectivity index is 2.58. The summed E-state index contributed by atoms with van der Waals surface area (Å²) in [5.41, 5.74) is 11.3. The number of anilines is 1. The Hall–Kier alpha value is -1.50. The Bertz CT molecular complexity index is 531. The lowest BCUT2D eigenvalue weighted by atomic mass is 9.76. The van der Waals surface area contributed by atoms with Gasteiger partial charge in [0.05, 0.1) is 0 Å². The molecule has 1 aliphatic rings. The monoisotopic (exact) mass is 255 g/mol. The van der Waals surface area contributed by atoms with Crippen molar-refractivity contribution in [2.24, 2.45) is 5.41 Å². The van der Waals surface area contributed by atoms with Gasteiger partial charge >= 0.3 is 0 Å². The summed E-state index contributed by atoms with van der Waals surface area (Å²) in [6.45, 7) is 11.3. The highest BCUT2D eigenvalue weighted by molar-refractivity contribution is 5.55. The van der Waals surface area contributed by atoms with Crippen LogP contribution in [-0.2, 0) is 5.41 Å². The Morgan fingerprint density at radius 3 is 1.95 bits per heavy atom. The van der Waals surface area contributed by atoms with Gasteiger partial charge in [0.2, 0.25) is 0 Å². The second-order valence-corrected chi connectivity index (χ2v) is 6.42. The molecule has 1 fully saturated rings. The van der Waals surface area contributed by atoms with Gasteiger partial charge in [-0.3, -0.25) is 0 Å².